The predicted octanol–water partition coefficient (Wildman–Crippen LogP) is 9.79. The van der Waals surface area contributed by atoms with E-state index in [0.717, 1.165) is 87.2 Å². The molecule has 0 spiro atoms. The van der Waals surface area contributed by atoms with E-state index in [4.69, 9.17) is 15.0 Å². The van der Waals surface area contributed by atoms with E-state index in [1.54, 1.807) is 18.5 Å². The molecule has 9 rings (SSSR count). The second-order valence-electron chi connectivity index (χ2n) is 12.9. The first-order chi connectivity index (χ1) is 24.6. The average molecular weight is 653 g/mol. The minimum absolute atomic E-state index is 0.200. The van der Waals surface area contributed by atoms with Gasteiger partial charge in [0.1, 0.15) is 5.82 Å². The van der Waals surface area contributed by atoms with Gasteiger partial charge in [-0.25, -0.2) is 19.7 Å². The molecule has 0 bridgehead atoms. The van der Waals surface area contributed by atoms with E-state index in [-0.39, 0.29) is 11.6 Å². The van der Waals surface area contributed by atoms with Crippen molar-refractivity contribution < 1.29 is 9.90 Å². The van der Waals surface area contributed by atoms with Crippen LogP contribution in [0.5, 0.6) is 0 Å². The van der Waals surface area contributed by atoms with Gasteiger partial charge in [-0.1, -0.05) is 86.0 Å². The van der Waals surface area contributed by atoms with Gasteiger partial charge in [0.15, 0.2) is 0 Å². The van der Waals surface area contributed by atoms with E-state index in [1.807, 2.05) is 66.7 Å². The quantitative estimate of drug-likeness (QED) is 0.191. The largest absolute Gasteiger partial charge is 0.478 e. The number of rotatable bonds is 6. The molecule has 8 nitrogen and oxygen atoms in total. The van der Waals surface area contributed by atoms with Crippen molar-refractivity contribution in [2.75, 3.05) is 0 Å². The zero-order valence-corrected chi connectivity index (χ0v) is 27.2. The second kappa shape index (κ2) is 12.3. The van der Waals surface area contributed by atoms with Crippen molar-refractivity contribution in [3.05, 3.63) is 127 Å². The lowest BCUT2D eigenvalue weighted by molar-refractivity contribution is 0.0698. The molecule has 1 saturated carbocycles. The summed E-state index contributed by atoms with van der Waals surface area (Å²) in [7, 11) is 0. The summed E-state index contributed by atoms with van der Waals surface area (Å²) in [5.41, 5.74) is 10.7. The van der Waals surface area contributed by atoms with Crippen LogP contribution in [0.2, 0.25) is 0 Å². The normalized spacial score (nSPS) is 13.7. The van der Waals surface area contributed by atoms with Gasteiger partial charge in [0, 0.05) is 40.7 Å². The van der Waals surface area contributed by atoms with Gasteiger partial charge in [0.05, 0.1) is 50.1 Å². The summed E-state index contributed by atoms with van der Waals surface area (Å²) in [5.74, 6) is -0.202. The van der Waals surface area contributed by atoms with Crippen molar-refractivity contribution in [2.45, 2.75) is 38.1 Å². The first-order valence-corrected chi connectivity index (χ1v) is 17.0. The van der Waals surface area contributed by atoms with Gasteiger partial charge in [-0.2, -0.15) is 0 Å². The maximum absolute atomic E-state index is 12.7. The van der Waals surface area contributed by atoms with E-state index < -0.39 is 5.97 Å². The van der Waals surface area contributed by atoms with Crippen molar-refractivity contribution in [1.29, 1.82) is 0 Å². The van der Waals surface area contributed by atoms with Crippen molar-refractivity contribution in [1.82, 2.24) is 29.5 Å². The van der Waals surface area contributed by atoms with E-state index in [1.165, 1.54) is 6.42 Å². The van der Waals surface area contributed by atoms with Gasteiger partial charge in [0.2, 0.25) is 0 Å². The third-order valence-corrected chi connectivity index (χ3v) is 9.81. The third-order valence-electron chi connectivity index (χ3n) is 9.81. The number of aromatic nitrogens is 6. The molecular weight excluding hydrogens is 621 g/mol. The maximum atomic E-state index is 12.7. The molecule has 0 atom stereocenters. The van der Waals surface area contributed by atoms with Crippen LogP contribution < -0.4 is 0 Å². The monoisotopic (exact) mass is 652 g/mol. The summed E-state index contributed by atoms with van der Waals surface area (Å²) in [5, 5.41) is 10.4. The molecule has 0 amide bonds. The summed E-state index contributed by atoms with van der Waals surface area (Å²) in [6.07, 6.45) is 8.86. The SMILES string of the molecule is O=C(O)c1ccc2c(nc(-c3ccc4nc(-c5ccccc5)c(-c5ccccc5)nc4c3)n2C2CCCCC2)c1-c1ccc2nccnc2c1. The van der Waals surface area contributed by atoms with Gasteiger partial charge in [-0.15, -0.1) is 0 Å². The van der Waals surface area contributed by atoms with Crippen LogP contribution in [0, 0.1) is 0 Å². The van der Waals surface area contributed by atoms with E-state index in [0.29, 0.717) is 16.6 Å². The molecule has 0 aliphatic heterocycles. The van der Waals surface area contributed by atoms with Gasteiger partial charge in [0.25, 0.3) is 0 Å². The third kappa shape index (κ3) is 5.17. The highest BCUT2D eigenvalue weighted by atomic mass is 16.4. The van der Waals surface area contributed by atoms with Crippen molar-refractivity contribution in [3.8, 4) is 45.0 Å². The van der Waals surface area contributed by atoms with Crippen LogP contribution in [0.3, 0.4) is 0 Å². The number of nitrogens with zero attached hydrogens (tertiary/aromatic N) is 6. The zero-order chi connectivity index (χ0) is 33.6. The fourth-order valence-corrected chi connectivity index (χ4v) is 7.45. The lowest BCUT2D eigenvalue weighted by Gasteiger charge is -2.26. The fourth-order valence-electron chi connectivity index (χ4n) is 7.45. The molecule has 0 saturated heterocycles. The standard InChI is InChI=1S/C42H32N6O2/c49-42(50)31-18-21-36-40(37(31)28-16-19-32-34(24-28)44-23-22-43-32)47-41(48(36)30-14-8-3-9-15-30)29-17-20-33-35(25-29)46-39(27-12-6-2-7-13-27)38(45-33)26-10-4-1-5-11-26/h1-2,4-7,10-13,16-25,30H,3,8-9,14-15H2,(H,49,50). The molecule has 1 N–H and O–H groups in total. The van der Waals surface area contributed by atoms with E-state index in [2.05, 4.69) is 50.9 Å². The van der Waals surface area contributed by atoms with Gasteiger partial charge in [-0.05, 0) is 60.9 Å². The number of hydrogen-bond donors (Lipinski definition) is 1. The Hall–Kier alpha value is -6.28. The Morgan fingerprint density at radius 1 is 0.600 bits per heavy atom. The molecule has 5 aromatic carbocycles. The molecule has 242 valence electrons. The summed E-state index contributed by atoms with van der Waals surface area (Å²) < 4.78 is 2.34. The summed E-state index contributed by atoms with van der Waals surface area (Å²) in [6, 6.07) is 36.1. The molecule has 8 aromatic rings. The van der Waals surface area contributed by atoms with Crippen LogP contribution in [0.4, 0.5) is 0 Å². The minimum atomic E-state index is -1.00. The Morgan fingerprint density at radius 3 is 1.92 bits per heavy atom. The molecule has 0 radical (unpaired) electrons. The number of hydrogen-bond acceptors (Lipinski definition) is 6. The Kier molecular flexibility index (Phi) is 7.34. The molecule has 1 aliphatic rings. The molecule has 1 fully saturated rings. The van der Waals surface area contributed by atoms with Gasteiger partial charge in [-0.3, -0.25) is 9.97 Å². The molecule has 8 heteroatoms. The number of aromatic carboxylic acids is 1. The lowest BCUT2D eigenvalue weighted by atomic mass is 9.94. The fraction of sp³-hybridized carbons (Fsp3) is 0.143. The van der Waals surface area contributed by atoms with Crippen LogP contribution in [0.15, 0.2) is 122 Å². The number of imidazole rings is 1. The summed E-state index contributed by atoms with van der Waals surface area (Å²) >= 11 is 0. The average Bonchev–Trinajstić information content (AvgIpc) is 3.57. The molecular formula is C42H32N6O2. The second-order valence-corrected chi connectivity index (χ2v) is 12.9. The molecule has 1 aliphatic carbocycles. The number of carboxylic acids is 1. The van der Waals surface area contributed by atoms with Crippen molar-refractivity contribution in [2.24, 2.45) is 0 Å². The molecule has 50 heavy (non-hydrogen) atoms. The molecule has 3 aromatic heterocycles. The van der Waals surface area contributed by atoms with Crippen LogP contribution >= 0.6 is 0 Å². The van der Waals surface area contributed by atoms with Crippen LogP contribution in [0.25, 0.3) is 78.1 Å². The van der Waals surface area contributed by atoms with E-state index in [9.17, 15) is 9.90 Å². The van der Waals surface area contributed by atoms with Crippen LogP contribution in [-0.4, -0.2) is 40.6 Å². The highest BCUT2D eigenvalue weighted by molar-refractivity contribution is 6.07. The molecule has 0 unspecified atom stereocenters. The van der Waals surface area contributed by atoms with Crippen molar-refractivity contribution in [3.63, 3.8) is 0 Å². The molecule has 3 heterocycles. The number of benzene rings is 5. The smallest absolute Gasteiger partial charge is 0.336 e. The van der Waals surface area contributed by atoms with Gasteiger partial charge >= 0.3 is 5.97 Å². The Labute approximate surface area is 288 Å². The zero-order valence-electron chi connectivity index (χ0n) is 27.2. The predicted molar refractivity (Wildman–Crippen MR) is 197 cm³/mol. The Morgan fingerprint density at radius 2 is 1.22 bits per heavy atom. The van der Waals surface area contributed by atoms with Crippen LogP contribution in [-0.2, 0) is 0 Å². The Bertz CT molecular complexity index is 2560. The van der Waals surface area contributed by atoms with Crippen LogP contribution in [0.1, 0.15) is 48.5 Å². The summed E-state index contributed by atoms with van der Waals surface area (Å²) in [6.45, 7) is 0. The maximum Gasteiger partial charge on any atom is 0.336 e. The van der Waals surface area contributed by atoms with Crippen molar-refractivity contribution >= 4 is 39.1 Å². The highest BCUT2D eigenvalue weighted by Crippen LogP contribution is 2.41. The minimum Gasteiger partial charge on any atom is -0.478 e. The topological polar surface area (TPSA) is 107 Å². The lowest BCUT2D eigenvalue weighted by Crippen LogP contribution is -2.14. The first kappa shape index (κ1) is 29.8. The summed E-state index contributed by atoms with van der Waals surface area (Å²) in [4.78, 5) is 37.4. The Balaban J connectivity index is 1.28. The first-order valence-electron chi connectivity index (χ1n) is 17.0. The number of carbonyl (C=O) groups is 1. The number of fused-ring (bicyclic) bond motifs is 3. The van der Waals surface area contributed by atoms with Gasteiger partial charge < -0.3 is 9.67 Å². The highest BCUT2D eigenvalue weighted by Gasteiger charge is 2.27. The number of carboxylic acid groups (broad SMARTS) is 1. The van der Waals surface area contributed by atoms with E-state index >= 15 is 0 Å².